The SMILES string of the molecule is CS(=O)(=O)N1CCCc2cc(C(=O)NC[C@@H](CO)Cc3ccc(Cl)cc3)ccc21. The fraction of sp³-hybridized carbons (Fsp3) is 0.381. The van der Waals surface area contributed by atoms with Crippen LogP contribution in [-0.4, -0.2) is 45.4 Å². The standard InChI is InChI=1S/C21H25ClN2O4S/c1-29(27,28)24-10-2-3-17-12-18(6-9-20(17)24)21(26)23-13-16(14-25)11-15-4-7-19(22)8-5-15/h4-9,12,16,25H,2-3,10-11,13-14H2,1H3,(H,23,26)/t16-/m0/s1. The van der Waals surface area contributed by atoms with Gasteiger partial charge < -0.3 is 10.4 Å². The molecule has 0 saturated carbocycles. The molecule has 0 bridgehead atoms. The van der Waals surface area contributed by atoms with Crippen LogP contribution in [0.25, 0.3) is 0 Å². The van der Waals surface area contributed by atoms with E-state index in [1.807, 2.05) is 12.1 Å². The van der Waals surface area contributed by atoms with Gasteiger partial charge in [0.1, 0.15) is 0 Å². The van der Waals surface area contributed by atoms with Gasteiger partial charge in [-0.3, -0.25) is 9.10 Å². The van der Waals surface area contributed by atoms with Gasteiger partial charge in [0.15, 0.2) is 0 Å². The van der Waals surface area contributed by atoms with Gasteiger partial charge in [-0.15, -0.1) is 0 Å². The number of aliphatic hydroxyl groups is 1. The number of anilines is 1. The molecule has 0 unspecified atom stereocenters. The van der Waals surface area contributed by atoms with Gasteiger partial charge in [-0.1, -0.05) is 23.7 Å². The zero-order valence-corrected chi connectivity index (χ0v) is 17.8. The topological polar surface area (TPSA) is 86.7 Å². The Morgan fingerprint density at radius 2 is 1.97 bits per heavy atom. The second-order valence-corrected chi connectivity index (χ2v) is 9.71. The Bertz CT molecular complexity index is 977. The van der Waals surface area contributed by atoms with E-state index >= 15 is 0 Å². The Hall–Kier alpha value is -2.09. The van der Waals surface area contributed by atoms with Crippen molar-refractivity contribution in [2.24, 2.45) is 5.92 Å². The van der Waals surface area contributed by atoms with Crippen molar-refractivity contribution in [1.82, 2.24) is 5.32 Å². The number of aliphatic hydroxyl groups excluding tert-OH is 1. The average molecular weight is 437 g/mol. The van der Waals surface area contributed by atoms with Crippen LogP contribution >= 0.6 is 11.6 Å². The first-order valence-corrected chi connectivity index (χ1v) is 11.7. The minimum Gasteiger partial charge on any atom is -0.396 e. The van der Waals surface area contributed by atoms with Crippen LogP contribution in [0.3, 0.4) is 0 Å². The number of carbonyl (C=O) groups excluding carboxylic acids is 1. The molecule has 156 valence electrons. The number of amides is 1. The number of hydrogen-bond donors (Lipinski definition) is 2. The highest BCUT2D eigenvalue weighted by atomic mass is 35.5. The number of nitrogens with zero attached hydrogens (tertiary/aromatic N) is 1. The third-order valence-corrected chi connectivity index (χ3v) is 6.50. The van der Waals surface area contributed by atoms with E-state index in [1.54, 1.807) is 30.3 Å². The minimum atomic E-state index is -3.33. The Morgan fingerprint density at radius 3 is 2.62 bits per heavy atom. The second-order valence-electron chi connectivity index (χ2n) is 7.37. The normalized spacial score (nSPS) is 14.9. The van der Waals surface area contributed by atoms with E-state index in [0.29, 0.717) is 35.8 Å². The predicted octanol–water partition coefficient (Wildman–Crippen LogP) is 2.63. The maximum Gasteiger partial charge on any atom is 0.251 e. The summed E-state index contributed by atoms with van der Waals surface area (Å²) in [7, 11) is -3.33. The molecular weight excluding hydrogens is 412 g/mol. The summed E-state index contributed by atoms with van der Waals surface area (Å²) < 4.78 is 25.3. The van der Waals surface area contributed by atoms with Gasteiger partial charge in [0.25, 0.3) is 5.91 Å². The summed E-state index contributed by atoms with van der Waals surface area (Å²) >= 11 is 5.89. The van der Waals surface area contributed by atoms with Crippen molar-refractivity contribution in [3.8, 4) is 0 Å². The van der Waals surface area contributed by atoms with Crippen molar-refractivity contribution in [2.45, 2.75) is 19.3 Å². The third-order valence-electron chi connectivity index (χ3n) is 5.07. The zero-order valence-electron chi connectivity index (χ0n) is 16.3. The highest BCUT2D eigenvalue weighted by Crippen LogP contribution is 2.29. The molecule has 1 aliphatic rings. The molecule has 0 fully saturated rings. The molecule has 1 atom stereocenters. The summed E-state index contributed by atoms with van der Waals surface area (Å²) in [5.41, 5.74) is 3.03. The molecule has 1 amide bonds. The van der Waals surface area contributed by atoms with E-state index in [0.717, 1.165) is 24.0 Å². The summed E-state index contributed by atoms with van der Waals surface area (Å²) in [6, 6.07) is 12.5. The van der Waals surface area contributed by atoms with Gasteiger partial charge in [0, 0.05) is 36.2 Å². The van der Waals surface area contributed by atoms with Crippen LogP contribution in [0.15, 0.2) is 42.5 Å². The number of halogens is 1. The first kappa shape index (κ1) is 21.6. The molecule has 0 saturated heterocycles. The molecule has 3 rings (SSSR count). The van der Waals surface area contributed by atoms with E-state index in [4.69, 9.17) is 11.6 Å². The van der Waals surface area contributed by atoms with Crippen LogP contribution in [0, 0.1) is 5.92 Å². The Balaban J connectivity index is 1.65. The molecule has 2 aromatic rings. The molecule has 2 aromatic carbocycles. The number of sulfonamides is 1. The summed E-state index contributed by atoms with van der Waals surface area (Å²) in [6.07, 6.45) is 3.27. The van der Waals surface area contributed by atoms with Crippen molar-refractivity contribution < 1.29 is 18.3 Å². The van der Waals surface area contributed by atoms with Crippen LogP contribution in [0.5, 0.6) is 0 Å². The molecule has 6 nitrogen and oxygen atoms in total. The van der Waals surface area contributed by atoms with E-state index in [1.165, 1.54) is 10.6 Å². The lowest BCUT2D eigenvalue weighted by atomic mass is 9.99. The van der Waals surface area contributed by atoms with Gasteiger partial charge >= 0.3 is 0 Å². The quantitative estimate of drug-likeness (QED) is 0.698. The summed E-state index contributed by atoms with van der Waals surface area (Å²) in [5, 5.41) is 13.2. The van der Waals surface area contributed by atoms with E-state index in [2.05, 4.69) is 5.32 Å². The number of fused-ring (bicyclic) bond motifs is 1. The van der Waals surface area contributed by atoms with E-state index in [-0.39, 0.29) is 18.4 Å². The Labute approximate surface area is 176 Å². The maximum atomic E-state index is 12.6. The van der Waals surface area contributed by atoms with Crippen molar-refractivity contribution in [2.75, 3.05) is 30.3 Å². The van der Waals surface area contributed by atoms with Gasteiger partial charge in [0.2, 0.25) is 10.0 Å². The predicted molar refractivity (Wildman–Crippen MR) is 115 cm³/mol. The van der Waals surface area contributed by atoms with Crippen LogP contribution < -0.4 is 9.62 Å². The number of aryl methyl sites for hydroxylation is 1. The average Bonchev–Trinajstić information content (AvgIpc) is 2.70. The first-order chi connectivity index (χ1) is 13.8. The highest BCUT2D eigenvalue weighted by molar-refractivity contribution is 7.92. The van der Waals surface area contributed by atoms with Crippen molar-refractivity contribution >= 4 is 33.2 Å². The maximum absolute atomic E-state index is 12.6. The summed E-state index contributed by atoms with van der Waals surface area (Å²) in [5.74, 6) is -0.350. The lowest BCUT2D eigenvalue weighted by Crippen LogP contribution is -2.35. The molecule has 1 heterocycles. The molecule has 0 aromatic heterocycles. The number of carbonyl (C=O) groups is 1. The second kappa shape index (κ2) is 9.15. The van der Waals surface area contributed by atoms with Gasteiger partial charge in [-0.05, 0) is 60.7 Å². The molecule has 2 N–H and O–H groups in total. The number of hydrogen-bond acceptors (Lipinski definition) is 4. The summed E-state index contributed by atoms with van der Waals surface area (Å²) in [4.78, 5) is 12.6. The Morgan fingerprint density at radius 1 is 1.24 bits per heavy atom. The van der Waals surface area contributed by atoms with Gasteiger partial charge in [0.05, 0.1) is 11.9 Å². The van der Waals surface area contributed by atoms with E-state index < -0.39 is 10.0 Å². The van der Waals surface area contributed by atoms with Crippen molar-refractivity contribution in [3.63, 3.8) is 0 Å². The van der Waals surface area contributed by atoms with Crippen LogP contribution in [-0.2, 0) is 22.9 Å². The molecule has 1 aliphatic heterocycles. The van der Waals surface area contributed by atoms with E-state index in [9.17, 15) is 18.3 Å². The number of benzene rings is 2. The van der Waals surface area contributed by atoms with Crippen LogP contribution in [0.1, 0.15) is 27.9 Å². The molecule has 0 radical (unpaired) electrons. The molecular formula is C21H25ClN2O4S. The fourth-order valence-electron chi connectivity index (χ4n) is 3.54. The smallest absolute Gasteiger partial charge is 0.251 e. The monoisotopic (exact) mass is 436 g/mol. The molecule has 29 heavy (non-hydrogen) atoms. The van der Waals surface area contributed by atoms with Gasteiger partial charge in [-0.25, -0.2) is 8.42 Å². The minimum absolute atomic E-state index is 0.0452. The Kier molecular flexibility index (Phi) is 6.82. The summed E-state index contributed by atoms with van der Waals surface area (Å²) in [6.45, 7) is 0.751. The lowest BCUT2D eigenvalue weighted by molar-refractivity contribution is 0.0940. The zero-order chi connectivity index (χ0) is 21.0. The molecule has 8 heteroatoms. The number of nitrogens with one attached hydrogen (secondary N) is 1. The van der Waals surface area contributed by atoms with Crippen molar-refractivity contribution in [1.29, 1.82) is 0 Å². The highest BCUT2D eigenvalue weighted by Gasteiger charge is 2.24. The number of rotatable bonds is 7. The van der Waals surface area contributed by atoms with Crippen LogP contribution in [0.4, 0.5) is 5.69 Å². The van der Waals surface area contributed by atoms with Crippen LogP contribution in [0.2, 0.25) is 5.02 Å². The fourth-order valence-corrected chi connectivity index (χ4v) is 4.66. The molecule has 0 aliphatic carbocycles. The van der Waals surface area contributed by atoms with Gasteiger partial charge in [-0.2, -0.15) is 0 Å². The third kappa shape index (κ3) is 5.50. The van der Waals surface area contributed by atoms with Crippen molar-refractivity contribution in [3.05, 3.63) is 64.2 Å². The first-order valence-electron chi connectivity index (χ1n) is 9.52. The lowest BCUT2D eigenvalue weighted by Gasteiger charge is -2.29. The largest absolute Gasteiger partial charge is 0.396 e. The molecule has 0 spiro atoms.